The Hall–Kier alpha value is -2.41. The predicted molar refractivity (Wildman–Crippen MR) is 110 cm³/mol. The van der Waals surface area contributed by atoms with Gasteiger partial charge in [0.15, 0.2) is 0 Å². The molecule has 1 aliphatic heterocycles. The van der Waals surface area contributed by atoms with Crippen molar-refractivity contribution in [3.63, 3.8) is 0 Å². The molecule has 152 valence electrons. The van der Waals surface area contributed by atoms with Gasteiger partial charge >= 0.3 is 5.97 Å². The number of carbonyl (C=O) groups is 1. The second-order valence-electron chi connectivity index (χ2n) is 7.36. The zero-order valence-electron chi connectivity index (χ0n) is 17.3. The van der Waals surface area contributed by atoms with Gasteiger partial charge in [0.2, 0.25) is 0 Å². The molecule has 7 heteroatoms. The van der Waals surface area contributed by atoms with Crippen molar-refractivity contribution in [2.45, 2.75) is 58.5 Å². The third-order valence-electron chi connectivity index (χ3n) is 5.84. The molecule has 0 amide bonds. The molecule has 1 fully saturated rings. The standard InChI is InChI=1S/C21H31N5O2/c1-5-16(6-2)25-11-8-17(9-12-25)26-15(3)19(14-23-26)24-20-13-22-10-7-18(20)21(27)28-4/h7,10,13-14,16-17,24H,5-6,8-9,11-12H2,1-4H3. The fraction of sp³-hybridized carbons (Fsp3) is 0.571. The lowest BCUT2D eigenvalue weighted by atomic mass is 10.0. The Morgan fingerprint density at radius 3 is 2.61 bits per heavy atom. The average Bonchev–Trinajstić information content (AvgIpc) is 3.09. The summed E-state index contributed by atoms with van der Waals surface area (Å²) in [6.07, 6.45) is 9.69. The molecule has 1 aliphatic rings. The number of anilines is 2. The van der Waals surface area contributed by atoms with E-state index in [9.17, 15) is 4.79 Å². The lowest BCUT2D eigenvalue weighted by molar-refractivity contribution is 0.0602. The fourth-order valence-electron chi connectivity index (χ4n) is 4.14. The van der Waals surface area contributed by atoms with Gasteiger partial charge in [0, 0.05) is 25.3 Å². The Morgan fingerprint density at radius 2 is 1.96 bits per heavy atom. The number of rotatable bonds is 7. The summed E-state index contributed by atoms with van der Waals surface area (Å²) in [5.74, 6) is -0.385. The third-order valence-corrected chi connectivity index (χ3v) is 5.84. The van der Waals surface area contributed by atoms with E-state index in [1.165, 1.54) is 20.0 Å². The van der Waals surface area contributed by atoms with Crippen molar-refractivity contribution < 1.29 is 9.53 Å². The van der Waals surface area contributed by atoms with Gasteiger partial charge in [0.05, 0.1) is 48.2 Å². The van der Waals surface area contributed by atoms with Gasteiger partial charge in [-0.05, 0) is 38.7 Å². The zero-order valence-corrected chi connectivity index (χ0v) is 17.3. The molecule has 7 nitrogen and oxygen atoms in total. The smallest absolute Gasteiger partial charge is 0.340 e. The molecule has 0 radical (unpaired) electrons. The van der Waals surface area contributed by atoms with Crippen molar-refractivity contribution in [3.8, 4) is 0 Å². The SMILES string of the molecule is CCC(CC)N1CCC(n2ncc(Nc3cnccc3C(=O)OC)c2C)CC1. The molecule has 2 aromatic rings. The first kappa shape index (κ1) is 20.3. The highest BCUT2D eigenvalue weighted by Crippen LogP contribution is 2.30. The zero-order chi connectivity index (χ0) is 20.1. The van der Waals surface area contributed by atoms with Crippen LogP contribution in [0.25, 0.3) is 0 Å². The van der Waals surface area contributed by atoms with Crippen LogP contribution < -0.4 is 5.32 Å². The first-order valence-corrected chi connectivity index (χ1v) is 10.2. The van der Waals surface area contributed by atoms with Crippen LogP contribution in [0.4, 0.5) is 11.4 Å². The van der Waals surface area contributed by atoms with Gasteiger partial charge < -0.3 is 15.0 Å². The monoisotopic (exact) mass is 385 g/mol. The number of nitrogens with one attached hydrogen (secondary N) is 1. The summed E-state index contributed by atoms with van der Waals surface area (Å²) >= 11 is 0. The van der Waals surface area contributed by atoms with Crippen LogP contribution in [0.5, 0.6) is 0 Å². The van der Waals surface area contributed by atoms with Crippen LogP contribution in [0, 0.1) is 6.92 Å². The lowest BCUT2D eigenvalue weighted by Crippen LogP contribution is -2.41. The number of carbonyl (C=O) groups excluding carboxylic acids is 1. The minimum absolute atomic E-state index is 0.385. The lowest BCUT2D eigenvalue weighted by Gasteiger charge is -2.37. The van der Waals surface area contributed by atoms with E-state index < -0.39 is 0 Å². The molecule has 3 heterocycles. The van der Waals surface area contributed by atoms with Crippen LogP contribution in [-0.2, 0) is 4.74 Å². The molecule has 0 aromatic carbocycles. The van der Waals surface area contributed by atoms with Crippen molar-refractivity contribution in [1.82, 2.24) is 19.7 Å². The van der Waals surface area contributed by atoms with Gasteiger partial charge in [-0.25, -0.2) is 4.79 Å². The number of aromatic nitrogens is 3. The molecule has 28 heavy (non-hydrogen) atoms. The topological polar surface area (TPSA) is 72.3 Å². The summed E-state index contributed by atoms with van der Waals surface area (Å²) < 4.78 is 6.99. The molecule has 2 aromatic heterocycles. The Bertz CT molecular complexity index is 792. The van der Waals surface area contributed by atoms with Crippen LogP contribution in [0.1, 0.15) is 61.6 Å². The number of likely N-dealkylation sites (tertiary alicyclic amines) is 1. The number of hydrogen-bond acceptors (Lipinski definition) is 6. The first-order valence-electron chi connectivity index (χ1n) is 10.2. The van der Waals surface area contributed by atoms with E-state index in [1.807, 2.05) is 6.20 Å². The minimum Gasteiger partial charge on any atom is -0.465 e. The number of hydrogen-bond donors (Lipinski definition) is 1. The molecule has 1 N–H and O–H groups in total. The number of esters is 1. The van der Waals surface area contributed by atoms with Gasteiger partial charge in [0.1, 0.15) is 0 Å². The number of nitrogens with zero attached hydrogens (tertiary/aromatic N) is 4. The third kappa shape index (κ3) is 4.19. The van der Waals surface area contributed by atoms with Crippen molar-refractivity contribution in [1.29, 1.82) is 0 Å². The first-order chi connectivity index (χ1) is 13.6. The summed E-state index contributed by atoms with van der Waals surface area (Å²) in [6, 6.07) is 2.76. The van der Waals surface area contributed by atoms with E-state index in [0.717, 1.165) is 37.3 Å². The summed E-state index contributed by atoms with van der Waals surface area (Å²) in [5, 5.41) is 7.94. The van der Waals surface area contributed by atoms with Crippen LogP contribution in [-0.4, -0.2) is 51.9 Å². The predicted octanol–water partition coefficient (Wildman–Crippen LogP) is 3.94. The van der Waals surface area contributed by atoms with E-state index in [4.69, 9.17) is 4.74 Å². The van der Waals surface area contributed by atoms with Gasteiger partial charge in [-0.3, -0.25) is 9.67 Å². The van der Waals surface area contributed by atoms with Gasteiger partial charge in [0.25, 0.3) is 0 Å². The highest BCUT2D eigenvalue weighted by molar-refractivity contribution is 5.96. The average molecular weight is 386 g/mol. The molecule has 3 rings (SSSR count). The van der Waals surface area contributed by atoms with Gasteiger partial charge in [-0.15, -0.1) is 0 Å². The molecular weight excluding hydrogens is 354 g/mol. The second-order valence-corrected chi connectivity index (χ2v) is 7.36. The van der Waals surface area contributed by atoms with Crippen LogP contribution in [0.3, 0.4) is 0 Å². The van der Waals surface area contributed by atoms with E-state index in [2.05, 4.69) is 45.8 Å². The highest BCUT2D eigenvalue weighted by atomic mass is 16.5. The van der Waals surface area contributed by atoms with Crippen LogP contribution in [0.15, 0.2) is 24.7 Å². The van der Waals surface area contributed by atoms with Crippen LogP contribution in [0.2, 0.25) is 0 Å². The highest BCUT2D eigenvalue weighted by Gasteiger charge is 2.26. The van der Waals surface area contributed by atoms with Crippen molar-refractivity contribution in [2.75, 3.05) is 25.5 Å². The van der Waals surface area contributed by atoms with Crippen molar-refractivity contribution >= 4 is 17.3 Å². The molecule has 0 unspecified atom stereocenters. The molecule has 0 spiro atoms. The molecule has 0 aliphatic carbocycles. The summed E-state index contributed by atoms with van der Waals surface area (Å²) in [7, 11) is 1.38. The fourth-order valence-corrected chi connectivity index (χ4v) is 4.14. The van der Waals surface area contributed by atoms with E-state index in [-0.39, 0.29) is 5.97 Å². The molecule has 0 bridgehead atoms. The van der Waals surface area contributed by atoms with Crippen molar-refractivity contribution in [2.24, 2.45) is 0 Å². The number of methoxy groups -OCH3 is 1. The Morgan fingerprint density at radius 1 is 1.25 bits per heavy atom. The Balaban J connectivity index is 1.71. The summed E-state index contributed by atoms with van der Waals surface area (Å²) in [5.41, 5.74) is 3.05. The van der Waals surface area contributed by atoms with E-state index in [0.29, 0.717) is 23.3 Å². The summed E-state index contributed by atoms with van der Waals surface area (Å²) in [4.78, 5) is 18.7. The largest absolute Gasteiger partial charge is 0.465 e. The number of pyridine rings is 1. The van der Waals surface area contributed by atoms with Gasteiger partial charge in [-0.2, -0.15) is 5.10 Å². The summed E-state index contributed by atoms with van der Waals surface area (Å²) in [6.45, 7) is 8.85. The molecule has 0 saturated carbocycles. The van der Waals surface area contributed by atoms with Crippen LogP contribution >= 0.6 is 0 Å². The maximum atomic E-state index is 12.0. The maximum Gasteiger partial charge on any atom is 0.340 e. The molecule has 0 atom stereocenters. The maximum absolute atomic E-state index is 12.0. The van der Waals surface area contributed by atoms with E-state index >= 15 is 0 Å². The minimum atomic E-state index is -0.385. The van der Waals surface area contributed by atoms with Crippen molar-refractivity contribution in [3.05, 3.63) is 35.9 Å². The Kier molecular flexibility index (Phi) is 6.67. The number of piperidine rings is 1. The quantitative estimate of drug-likeness (QED) is 0.728. The molecular formula is C21H31N5O2. The normalized spacial score (nSPS) is 15.8. The second kappa shape index (κ2) is 9.19. The molecule has 1 saturated heterocycles. The number of ether oxygens (including phenoxy) is 1. The Labute approximate surface area is 167 Å². The van der Waals surface area contributed by atoms with Gasteiger partial charge in [-0.1, -0.05) is 13.8 Å². The van der Waals surface area contributed by atoms with E-state index in [1.54, 1.807) is 18.5 Å².